The summed E-state index contributed by atoms with van der Waals surface area (Å²) >= 11 is 0. The van der Waals surface area contributed by atoms with Gasteiger partial charge >= 0.3 is 0 Å². The van der Waals surface area contributed by atoms with Crippen molar-refractivity contribution < 1.29 is 10.2 Å². The van der Waals surface area contributed by atoms with Gasteiger partial charge in [0, 0.05) is 0 Å². The number of hydrogen-bond donors (Lipinski definition) is 2. The second-order valence-electron chi connectivity index (χ2n) is 5.77. The van der Waals surface area contributed by atoms with Crippen molar-refractivity contribution in [1.82, 2.24) is 0 Å². The summed E-state index contributed by atoms with van der Waals surface area (Å²) in [6.07, 6.45) is 0.829. The fourth-order valence-electron chi connectivity index (χ4n) is 1.82. The molecule has 0 aliphatic carbocycles. The van der Waals surface area contributed by atoms with Gasteiger partial charge in [-0.25, -0.2) is 0 Å². The Hall–Kier alpha value is -0.860. The fourth-order valence-corrected chi connectivity index (χ4v) is 1.82. The monoisotopic (exact) mass is 236 g/mol. The van der Waals surface area contributed by atoms with Crippen molar-refractivity contribution in [3.63, 3.8) is 0 Å². The number of aryl methyl sites for hydroxylation is 2. The Labute approximate surface area is 104 Å². The van der Waals surface area contributed by atoms with Gasteiger partial charge < -0.3 is 10.2 Å². The maximum absolute atomic E-state index is 9.39. The molecule has 0 radical (unpaired) electrons. The molecule has 2 nitrogen and oxygen atoms in total. The lowest BCUT2D eigenvalue weighted by Crippen LogP contribution is -2.14. The average Bonchev–Trinajstić information content (AvgIpc) is 2.26. The molecule has 0 aliphatic rings. The number of hydrogen-bond acceptors (Lipinski definition) is 2. The van der Waals surface area contributed by atoms with Gasteiger partial charge in [0.05, 0.1) is 12.7 Å². The van der Waals surface area contributed by atoms with Crippen LogP contribution in [0.5, 0.6) is 0 Å². The topological polar surface area (TPSA) is 40.5 Å². The van der Waals surface area contributed by atoms with Gasteiger partial charge in [-0.3, -0.25) is 0 Å². The molecule has 0 heterocycles. The summed E-state index contributed by atoms with van der Waals surface area (Å²) in [6, 6.07) is 6.53. The van der Waals surface area contributed by atoms with Crippen molar-refractivity contribution in [1.29, 1.82) is 0 Å². The summed E-state index contributed by atoms with van der Waals surface area (Å²) in [4.78, 5) is 0. The molecule has 0 saturated carbocycles. The minimum atomic E-state index is -0.604. The van der Waals surface area contributed by atoms with Crippen molar-refractivity contribution in [3.05, 3.63) is 34.9 Å². The molecule has 1 atom stereocenters. The molecule has 0 bridgehead atoms. The third kappa shape index (κ3) is 4.14. The SMILES string of the molecule is Cc1ccc(C(C)(C)C)cc1CCC(O)CO. The summed E-state index contributed by atoms with van der Waals surface area (Å²) in [6.45, 7) is 8.53. The molecule has 0 spiro atoms. The Morgan fingerprint density at radius 1 is 1.24 bits per heavy atom. The lowest BCUT2D eigenvalue weighted by Gasteiger charge is -2.21. The molecular weight excluding hydrogens is 212 g/mol. The zero-order chi connectivity index (χ0) is 13.1. The smallest absolute Gasteiger partial charge is 0.0774 e. The summed E-state index contributed by atoms with van der Waals surface area (Å²) < 4.78 is 0. The lowest BCUT2D eigenvalue weighted by molar-refractivity contribution is 0.0885. The highest BCUT2D eigenvalue weighted by atomic mass is 16.3. The van der Waals surface area contributed by atoms with Crippen molar-refractivity contribution in [2.45, 2.75) is 52.1 Å². The van der Waals surface area contributed by atoms with Crippen LogP contribution in [0.4, 0.5) is 0 Å². The van der Waals surface area contributed by atoms with Crippen LogP contribution in [0.25, 0.3) is 0 Å². The van der Waals surface area contributed by atoms with Gasteiger partial charge in [0.2, 0.25) is 0 Å². The number of rotatable bonds is 4. The van der Waals surface area contributed by atoms with E-state index in [1.807, 2.05) is 0 Å². The zero-order valence-electron chi connectivity index (χ0n) is 11.3. The van der Waals surface area contributed by atoms with Crippen LogP contribution in [0, 0.1) is 6.92 Å². The van der Waals surface area contributed by atoms with E-state index < -0.39 is 6.10 Å². The molecule has 1 rings (SSSR count). The number of aliphatic hydroxyl groups is 2. The molecule has 2 N–H and O–H groups in total. The Morgan fingerprint density at radius 3 is 2.41 bits per heavy atom. The van der Waals surface area contributed by atoms with Crippen LogP contribution >= 0.6 is 0 Å². The molecule has 0 aliphatic heterocycles. The molecule has 96 valence electrons. The highest BCUT2D eigenvalue weighted by Crippen LogP contribution is 2.25. The molecular formula is C15H24O2. The molecule has 0 amide bonds. The van der Waals surface area contributed by atoms with Gasteiger partial charge in [0.25, 0.3) is 0 Å². The average molecular weight is 236 g/mol. The Balaban J connectivity index is 2.84. The van der Waals surface area contributed by atoms with Crippen LogP contribution in [0.3, 0.4) is 0 Å². The molecule has 0 saturated heterocycles. The van der Waals surface area contributed by atoms with Gasteiger partial charge in [-0.2, -0.15) is 0 Å². The van der Waals surface area contributed by atoms with E-state index in [2.05, 4.69) is 45.9 Å². The molecule has 1 unspecified atom stereocenters. The standard InChI is InChI=1S/C15H24O2/c1-11-5-7-13(15(2,3)4)9-12(11)6-8-14(17)10-16/h5,7,9,14,16-17H,6,8,10H2,1-4H3. The lowest BCUT2D eigenvalue weighted by atomic mass is 9.84. The van der Waals surface area contributed by atoms with E-state index in [1.165, 1.54) is 16.7 Å². The van der Waals surface area contributed by atoms with Crippen LogP contribution < -0.4 is 0 Å². The number of benzene rings is 1. The van der Waals surface area contributed by atoms with E-state index in [9.17, 15) is 5.11 Å². The summed E-state index contributed by atoms with van der Waals surface area (Å²) in [5, 5.41) is 18.2. The second kappa shape index (κ2) is 5.65. The zero-order valence-corrected chi connectivity index (χ0v) is 11.3. The predicted octanol–water partition coefficient (Wildman–Crippen LogP) is 2.58. The first-order chi connectivity index (χ1) is 7.84. The Kier molecular flexibility index (Phi) is 4.72. The first-order valence-corrected chi connectivity index (χ1v) is 6.23. The molecule has 17 heavy (non-hydrogen) atoms. The minimum absolute atomic E-state index is 0.151. The van der Waals surface area contributed by atoms with E-state index in [1.54, 1.807) is 0 Å². The molecule has 0 fully saturated rings. The minimum Gasteiger partial charge on any atom is -0.394 e. The fraction of sp³-hybridized carbons (Fsp3) is 0.600. The normalized spacial score (nSPS) is 13.8. The Morgan fingerprint density at radius 2 is 1.88 bits per heavy atom. The maximum atomic E-state index is 9.39. The third-order valence-corrected chi connectivity index (χ3v) is 3.17. The summed E-state index contributed by atoms with van der Waals surface area (Å²) in [7, 11) is 0. The maximum Gasteiger partial charge on any atom is 0.0774 e. The predicted molar refractivity (Wildman–Crippen MR) is 71.3 cm³/mol. The summed E-state index contributed by atoms with van der Waals surface area (Å²) in [5.74, 6) is 0. The van der Waals surface area contributed by atoms with E-state index in [4.69, 9.17) is 5.11 Å². The van der Waals surface area contributed by atoms with Crippen molar-refractivity contribution in [3.8, 4) is 0 Å². The largest absolute Gasteiger partial charge is 0.394 e. The van der Waals surface area contributed by atoms with Crippen LogP contribution in [-0.4, -0.2) is 22.9 Å². The van der Waals surface area contributed by atoms with Crippen molar-refractivity contribution in [2.24, 2.45) is 0 Å². The van der Waals surface area contributed by atoms with Crippen molar-refractivity contribution in [2.75, 3.05) is 6.61 Å². The quantitative estimate of drug-likeness (QED) is 0.843. The van der Waals surface area contributed by atoms with Gasteiger partial charge in [-0.05, 0) is 41.9 Å². The third-order valence-electron chi connectivity index (χ3n) is 3.17. The summed E-state index contributed by atoms with van der Waals surface area (Å²) in [5.41, 5.74) is 3.99. The van der Waals surface area contributed by atoms with Crippen LogP contribution in [0.1, 0.15) is 43.9 Å². The van der Waals surface area contributed by atoms with Gasteiger partial charge in [-0.15, -0.1) is 0 Å². The highest BCUT2D eigenvalue weighted by Gasteiger charge is 2.15. The van der Waals surface area contributed by atoms with Gasteiger partial charge in [0.1, 0.15) is 0 Å². The van der Waals surface area contributed by atoms with Gasteiger partial charge in [0.15, 0.2) is 0 Å². The van der Waals surface area contributed by atoms with E-state index in [-0.39, 0.29) is 12.0 Å². The van der Waals surface area contributed by atoms with Crippen LogP contribution in [0.2, 0.25) is 0 Å². The highest BCUT2D eigenvalue weighted by molar-refractivity contribution is 5.34. The van der Waals surface area contributed by atoms with Crippen LogP contribution in [-0.2, 0) is 11.8 Å². The van der Waals surface area contributed by atoms with Gasteiger partial charge in [-0.1, -0.05) is 39.0 Å². The first kappa shape index (κ1) is 14.2. The molecule has 0 aromatic heterocycles. The number of aliphatic hydroxyl groups excluding tert-OH is 2. The van der Waals surface area contributed by atoms with Crippen LogP contribution in [0.15, 0.2) is 18.2 Å². The molecule has 1 aromatic rings. The Bertz CT molecular complexity index is 364. The van der Waals surface area contributed by atoms with E-state index >= 15 is 0 Å². The van der Waals surface area contributed by atoms with Crippen molar-refractivity contribution >= 4 is 0 Å². The second-order valence-corrected chi connectivity index (χ2v) is 5.77. The first-order valence-electron chi connectivity index (χ1n) is 6.23. The van der Waals surface area contributed by atoms with E-state index in [0.29, 0.717) is 6.42 Å². The molecule has 1 aromatic carbocycles. The van der Waals surface area contributed by atoms with E-state index in [0.717, 1.165) is 6.42 Å². The molecule has 2 heteroatoms.